The summed E-state index contributed by atoms with van der Waals surface area (Å²) < 4.78 is 6.07. The van der Waals surface area contributed by atoms with Crippen molar-refractivity contribution < 1.29 is 4.74 Å². The van der Waals surface area contributed by atoms with E-state index in [-0.39, 0.29) is 5.41 Å². The molecular formula is C17H22N2O. The Labute approximate surface area is 120 Å². The summed E-state index contributed by atoms with van der Waals surface area (Å²) in [4.78, 5) is 4.12. The largest absolute Gasteiger partial charge is 0.455 e. The summed E-state index contributed by atoms with van der Waals surface area (Å²) in [6.07, 6.45) is 3.45. The maximum absolute atomic E-state index is 6.07. The van der Waals surface area contributed by atoms with Crippen molar-refractivity contribution in [2.24, 2.45) is 5.73 Å². The lowest BCUT2D eigenvalue weighted by atomic mass is 9.85. The van der Waals surface area contributed by atoms with Crippen LogP contribution in [-0.4, -0.2) is 4.98 Å². The van der Waals surface area contributed by atoms with Gasteiger partial charge in [0.25, 0.3) is 0 Å². The lowest BCUT2D eigenvalue weighted by Gasteiger charge is -2.23. The second-order valence-electron chi connectivity index (χ2n) is 6.04. The van der Waals surface area contributed by atoms with Gasteiger partial charge < -0.3 is 10.5 Å². The highest BCUT2D eigenvalue weighted by molar-refractivity contribution is 5.44. The molecule has 1 aromatic heterocycles. The molecule has 2 rings (SSSR count). The van der Waals surface area contributed by atoms with Crippen LogP contribution in [0.1, 0.15) is 37.5 Å². The average Bonchev–Trinajstić information content (AvgIpc) is 2.40. The lowest BCUT2D eigenvalue weighted by Crippen LogP contribution is -2.13. The molecule has 106 valence electrons. The van der Waals surface area contributed by atoms with Gasteiger partial charge in [-0.3, -0.25) is 4.98 Å². The Morgan fingerprint density at radius 1 is 1.15 bits per heavy atom. The smallest absolute Gasteiger partial charge is 0.150 e. The molecule has 2 N–H and O–H groups in total. The molecule has 0 amide bonds. The van der Waals surface area contributed by atoms with E-state index < -0.39 is 0 Å². The topological polar surface area (TPSA) is 48.1 Å². The van der Waals surface area contributed by atoms with Crippen molar-refractivity contribution in [3.8, 4) is 11.5 Å². The minimum absolute atomic E-state index is 0.0203. The van der Waals surface area contributed by atoms with E-state index in [9.17, 15) is 0 Å². The third-order valence-corrected chi connectivity index (χ3v) is 3.25. The van der Waals surface area contributed by atoms with E-state index in [0.717, 1.165) is 17.1 Å². The highest BCUT2D eigenvalue weighted by Gasteiger charge is 2.20. The van der Waals surface area contributed by atoms with Crippen LogP contribution in [0.15, 0.2) is 36.7 Å². The molecule has 0 aliphatic heterocycles. The molecular weight excluding hydrogens is 248 g/mol. The second-order valence-corrected chi connectivity index (χ2v) is 6.04. The number of aromatic nitrogens is 1. The van der Waals surface area contributed by atoms with E-state index in [4.69, 9.17) is 10.5 Å². The summed E-state index contributed by atoms with van der Waals surface area (Å²) in [5, 5.41) is 0. The zero-order valence-electron chi connectivity index (χ0n) is 12.6. The molecule has 20 heavy (non-hydrogen) atoms. The number of rotatable bonds is 3. The van der Waals surface area contributed by atoms with Crippen molar-refractivity contribution in [3.05, 3.63) is 53.3 Å². The maximum atomic E-state index is 6.07. The quantitative estimate of drug-likeness (QED) is 0.919. The van der Waals surface area contributed by atoms with Gasteiger partial charge in [-0.05, 0) is 24.5 Å². The molecule has 0 bridgehead atoms. The van der Waals surface area contributed by atoms with Crippen LogP contribution >= 0.6 is 0 Å². The molecule has 0 unspecified atom stereocenters. The molecule has 0 spiro atoms. The van der Waals surface area contributed by atoms with Crippen LogP contribution in [-0.2, 0) is 12.0 Å². The van der Waals surface area contributed by atoms with E-state index >= 15 is 0 Å². The Kier molecular flexibility index (Phi) is 4.09. The van der Waals surface area contributed by atoms with Crippen molar-refractivity contribution in [1.29, 1.82) is 0 Å². The van der Waals surface area contributed by atoms with Gasteiger partial charge in [-0.1, -0.05) is 38.5 Å². The standard InChI is InChI=1S/C17H22N2O/c1-12-5-6-15(14(9-12)17(2,3)4)20-16-11-19-8-7-13(16)10-18/h5-9,11H,10,18H2,1-4H3. The van der Waals surface area contributed by atoms with Crippen LogP contribution in [0.3, 0.4) is 0 Å². The van der Waals surface area contributed by atoms with Gasteiger partial charge in [0, 0.05) is 23.9 Å². The van der Waals surface area contributed by atoms with Crippen LogP contribution in [0.4, 0.5) is 0 Å². The summed E-state index contributed by atoms with van der Waals surface area (Å²) in [6.45, 7) is 9.08. The third kappa shape index (κ3) is 3.17. The Hall–Kier alpha value is -1.87. The lowest BCUT2D eigenvalue weighted by molar-refractivity contribution is 0.448. The van der Waals surface area contributed by atoms with E-state index in [2.05, 4.69) is 44.8 Å². The molecule has 2 aromatic rings. The fraction of sp³-hybridized carbons (Fsp3) is 0.353. The first kappa shape index (κ1) is 14.5. The molecule has 0 aliphatic carbocycles. The number of hydrogen-bond acceptors (Lipinski definition) is 3. The van der Waals surface area contributed by atoms with Gasteiger partial charge in [-0.15, -0.1) is 0 Å². The highest BCUT2D eigenvalue weighted by atomic mass is 16.5. The molecule has 0 radical (unpaired) electrons. The van der Waals surface area contributed by atoms with E-state index in [1.807, 2.05) is 12.1 Å². The first-order valence-electron chi connectivity index (χ1n) is 6.84. The monoisotopic (exact) mass is 270 g/mol. The molecule has 3 heteroatoms. The predicted molar refractivity (Wildman–Crippen MR) is 82.1 cm³/mol. The van der Waals surface area contributed by atoms with Crippen LogP contribution < -0.4 is 10.5 Å². The minimum atomic E-state index is 0.0203. The van der Waals surface area contributed by atoms with Crippen molar-refractivity contribution in [2.75, 3.05) is 0 Å². The van der Waals surface area contributed by atoms with Crippen molar-refractivity contribution in [2.45, 2.75) is 39.7 Å². The number of ether oxygens (including phenoxy) is 1. The first-order valence-corrected chi connectivity index (χ1v) is 6.84. The van der Waals surface area contributed by atoms with Gasteiger partial charge in [-0.25, -0.2) is 0 Å². The summed E-state index contributed by atoms with van der Waals surface area (Å²) in [6, 6.07) is 8.14. The Morgan fingerprint density at radius 2 is 1.90 bits per heavy atom. The van der Waals surface area contributed by atoms with E-state index in [0.29, 0.717) is 6.54 Å². The van der Waals surface area contributed by atoms with Gasteiger partial charge in [0.2, 0.25) is 0 Å². The van der Waals surface area contributed by atoms with Gasteiger partial charge in [0.05, 0.1) is 6.20 Å². The van der Waals surface area contributed by atoms with Crippen molar-refractivity contribution in [1.82, 2.24) is 4.98 Å². The first-order chi connectivity index (χ1) is 9.41. The van der Waals surface area contributed by atoms with E-state index in [1.54, 1.807) is 12.4 Å². The van der Waals surface area contributed by atoms with Gasteiger partial charge in [0.15, 0.2) is 0 Å². The molecule has 1 heterocycles. The summed E-state index contributed by atoms with van der Waals surface area (Å²) in [5.41, 5.74) is 9.14. The van der Waals surface area contributed by atoms with Crippen LogP contribution in [0, 0.1) is 6.92 Å². The second kappa shape index (κ2) is 5.63. The minimum Gasteiger partial charge on any atom is -0.455 e. The summed E-state index contributed by atoms with van der Waals surface area (Å²) in [7, 11) is 0. The Bertz CT molecular complexity index is 600. The number of benzene rings is 1. The fourth-order valence-electron chi connectivity index (χ4n) is 2.11. The Morgan fingerprint density at radius 3 is 2.55 bits per heavy atom. The zero-order chi connectivity index (χ0) is 14.8. The van der Waals surface area contributed by atoms with E-state index in [1.165, 1.54) is 11.1 Å². The summed E-state index contributed by atoms with van der Waals surface area (Å²) >= 11 is 0. The molecule has 0 atom stereocenters. The molecule has 0 aliphatic rings. The highest BCUT2D eigenvalue weighted by Crippen LogP contribution is 2.35. The van der Waals surface area contributed by atoms with Crippen LogP contribution in [0.5, 0.6) is 11.5 Å². The molecule has 0 fully saturated rings. The van der Waals surface area contributed by atoms with Crippen LogP contribution in [0.2, 0.25) is 0 Å². The molecule has 3 nitrogen and oxygen atoms in total. The van der Waals surface area contributed by atoms with Gasteiger partial charge in [-0.2, -0.15) is 0 Å². The van der Waals surface area contributed by atoms with Crippen LogP contribution in [0.25, 0.3) is 0 Å². The normalized spacial score (nSPS) is 11.4. The number of aryl methyl sites for hydroxylation is 1. The van der Waals surface area contributed by atoms with Gasteiger partial charge in [0.1, 0.15) is 11.5 Å². The van der Waals surface area contributed by atoms with Crippen molar-refractivity contribution in [3.63, 3.8) is 0 Å². The number of hydrogen-bond donors (Lipinski definition) is 1. The molecule has 1 aromatic carbocycles. The predicted octanol–water partition coefficient (Wildman–Crippen LogP) is 3.94. The maximum Gasteiger partial charge on any atom is 0.150 e. The summed E-state index contributed by atoms with van der Waals surface area (Å²) in [5.74, 6) is 1.59. The SMILES string of the molecule is Cc1ccc(Oc2cnccc2CN)c(C(C)(C)C)c1. The Balaban J connectivity index is 2.44. The molecule has 0 saturated carbocycles. The van der Waals surface area contributed by atoms with Gasteiger partial charge >= 0.3 is 0 Å². The van der Waals surface area contributed by atoms with Crippen molar-refractivity contribution >= 4 is 0 Å². The average molecular weight is 270 g/mol. The zero-order valence-corrected chi connectivity index (χ0v) is 12.6. The number of pyridine rings is 1. The third-order valence-electron chi connectivity index (χ3n) is 3.25. The number of nitrogens with zero attached hydrogens (tertiary/aromatic N) is 1. The number of nitrogens with two attached hydrogens (primary N) is 1. The molecule has 0 saturated heterocycles. The fourth-order valence-corrected chi connectivity index (χ4v) is 2.11.